The Kier molecular flexibility index (Phi) is 5.06. The van der Waals surface area contributed by atoms with Crippen LogP contribution in [-0.2, 0) is 0 Å². The topological polar surface area (TPSA) is 37.8 Å². The molecular weight excluding hydrogens is 333 g/mol. The fourth-order valence-corrected chi connectivity index (χ4v) is 3.17. The molecule has 112 valence electrons. The molecule has 0 saturated heterocycles. The van der Waals surface area contributed by atoms with Crippen molar-refractivity contribution in [2.24, 2.45) is 0 Å². The Morgan fingerprint density at radius 3 is 2.38 bits per heavy atom. The van der Waals surface area contributed by atoms with Crippen molar-refractivity contribution in [3.8, 4) is 11.4 Å². The van der Waals surface area contributed by atoms with E-state index in [0.717, 1.165) is 23.5 Å². The van der Waals surface area contributed by atoms with Crippen LogP contribution in [0.3, 0.4) is 0 Å². The minimum absolute atomic E-state index is 0.279. The van der Waals surface area contributed by atoms with Crippen molar-refractivity contribution in [1.82, 2.24) is 15.3 Å². The third-order valence-corrected chi connectivity index (χ3v) is 4.16. The van der Waals surface area contributed by atoms with Crippen LogP contribution in [0.5, 0.6) is 0 Å². The monoisotopic (exact) mass is 351 g/mol. The van der Waals surface area contributed by atoms with E-state index in [1.165, 1.54) is 17.7 Å². The van der Waals surface area contributed by atoms with Crippen molar-refractivity contribution in [2.75, 3.05) is 13.6 Å². The molecule has 0 aliphatic heterocycles. The molecule has 0 saturated carbocycles. The number of halogens is 2. The highest BCUT2D eigenvalue weighted by Gasteiger charge is 2.16. The average Bonchev–Trinajstić information content (AvgIpc) is 2.37. The fraction of sp³-hybridized carbons (Fsp3) is 0.375. The van der Waals surface area contributed by atoms with Crippen LogP contribution in [0.4, 0.5) is 4.39 Å². The molecule has 2 aromatic rings. The second-order valence-electron chi connectivity index (χ2n) is 5.21. The number of nitrogens with one attached hydrogen (secondary N) is 1. The maximum Gasteiger partial charge on any atom is 0.160 e. The summed E-state index contributed by atoms with van der Waals surface area (Å²) in [5.41, 5.74) is 3.91. The Hall–Kier alpha value is -1.33. The molecule has 2 rings (SSSR count). The van der Waals surface area contributed by atoms with Gasteiger partial charge in [0.2, 0.25) is 0 Å². The second-order valence-corrected chi connectivity index (χ2v) is 6.07. The van der Waals surface area contributed by atoms with Crippen LogP contribution in [0.15, 0.2) is 22.7 Å². The molecule has 1 aromatic heterocycles. The molecule has 0 radical (unpaired) electrons. The van der Waals surface area contributed by atoms with Crippen molar-refractivity contribution in [2.45, 2.75) is 26.7 Å². The van der Waals surface area contributed by atoms with Crippen LogP contribution >= 0.6 is 15.9 Å². The number of hydrogen-bond acceptors (Lipinski definition) is 3. The largest absolute Gasteiger partial charge is 0.319 e. The SMILES string of the molecule is CNCC(C)c1c(C)nc(-c2ccc(F)cc2Br)nc1C. The van der Waals surface area contributed by atoms with Gasteiger partial charge in [-0.05, 0) is 66.5 Å². The van der Waals surface area contributed by atoms with Crippen LogP contribution in [0.1, 0.15) is 29.8 Å². The van der Waals surface area contributed by atoms with Gasteiger partial charge in [-0.1, -0.05) is 6.92 Å². The quantitative estimate of drug-likeness (QED) is 0.904. The summed E-state index contributed by atoms with van der Waals surface area (Å²) in [5, 5.41) is 3.18. The first-order chi connectivity index (χ1) is 9.93. The van der Waals surface area contributed by atoms with Gasteiger partial charge in [-0.25, -0.2) is 14.4 Å². The molecule has 0 fully saturated rings. The normalized spacial score (nSPS) is 12.5. The van der Waals surface area contributed by atoms with Gasteiger partial charge in [0.25, 0.3) is 0 Å². The van der Waals surface area contributed by atoms with E-state index in [1.807, 2.05) is 20.9 Å². The van der Waals surface area contributed by atoms with Gasteiger partial charge in [-0.15, -0.1) is 0 Å². The lowest BCUT2D eigenvalue weighted by atomic mass is 9.98. The summed E-state index contributed by atoms with van der Waals surface area (Å²) < 4.78 is 13.9. The first-order valence-electron chi connectivity index (χ1n) is 6.89. The van der Waals surface area contributed by atoms with Gasteiger partial charge in [0.15, 0.2) is 5.82 Å². The minimum atomic E-state index is -0.279. The number of rotatable bonds is 4. The Morgan fingerprint density at radius 2 is 1.86 bits per heavy atom. The molecule has 21 heavy (non-hydrogen) atoms. The van der Waals surface area contributed by atoms with Crippen LogP contribution in [0, 0.1) is 19.7 Å². The van der Waals surface area contributed by atoms with Crippen LogP contribution in [0.2, 0.25) is 0 Å². The van der Waals surface area contributed by atoms with Crippen molar-refractivity contribution >= 4 is 15.9 Å². The third-order valence-electron chi connectivity index (χ3n) is 3.50. The number of benzene rings is 1. The van der Waals surface area contributed by atoms with Gasteiger partial charge in [0.1, 0.15) is 5.82 Å². The Labute approximate surface area is 133 Å². The Morgan fingerprint density at radius 1 is 1.24 bits per heavy atom. The maximum absolute atomic E-state index is 13.2. The first kappa shape index (κ1) is 16.0. The average molecular weight is 352 g/mol. The van der Waals surface area contributed by atoms with Gasteiger partial charge in [0, 0.05) is 28.0 Å². The number of nitrogens with zero attached hydrogens (tertiary/aromatic N) is 2. The van der Waals surface area contributed by atoms with Gasteiger partial charge in [-0.2, -0.15) is 0 Å². The van der Waals surface area contributed by atoms with E-state index in [1.54, 1.807) is 6.07 Å². The van der Waals surface area contributed by atoms with E-state index in [9.17, 15) is 4.39 Å². The summed E-state index contributed by atoms with van der Waals surface area (Å²) in [5.74, 6) is 0.691. The lowest BCUT2D eigenvalue weighted by molar-refractivity contribution is 0.627. The van der Waals surface area contributed by atoms with E-state index >= 15 is 0 Å². The summed E-state index contributed by atoms with van der Waals surface area (Å²) in [4.78, 5) is 9.21. The van der Waals surface area contributed by atoms with Gasteiger partial charge in [0.05, 0.1) is 0 Å². The first-order valence-corrected chi connectivity index (χ1v) is 7.68. The van der Waals surface area contributed by atoms with E-state index in [4.69, 9.17) is 0 Å². The van der Waals surface area contributed by atoms with E-state index in [0.29, 0.717) is 16.2 Å². The number of aromatic nitrogens is 2. The zero-order valence-electron chi connectivity index (χ0n) is 12.7. The molecule has 1 aromatic carbocycles. The molecule has 1 heterocycles. The molecule has 0 aliphatic rings. The molecule has 5 heteroatoms. The molecule has 1 unspecified atom stereocenters. The predicted octanol–water partition coefficient (Wildman–Crippen LogP) is 3.98. The van der Waals surface area contributed by atoms with Crippen molar-refractivity contribution in [1.29, 1.82) is 0 Å². The smallest absolute Gasteiger partial charge is 0.160 e. The van der Waals surface area contributed by atoms with E-state index < -0.39 is 0 Å². The minimum Gasteiger partial charge on any atom is -0.319 e. The number of likely N-dealkylation sites (N-methyl/N-ethyl adjacent to an activating group) is 1. The summed E-state index contributed by atoms with van der Waals surface area (Å²) in [6.07, 6.45) is 0. The van der Waals surface area contributed by atoms with Gasteiger partial charge in [-0.3, -0.25) is 0 Å². The molecule has 0 aliphatic carbocycles. The number of hydrogen-bond donors (Lipinski definition) is 1. The lowest BCUT2D eigenvalue weighted by Gasteiger charge is -2.17. The molecular formula is C16H19BrFN3. The molecule has 0 amide bonds. The fourth-order valence-electron chi connectivity index (χ4n) is 2.64. The Bertz CT molecular complexity index is 635. The highest BCUT2D eigenvalue weighted by Crippen LogP contribution is 2.29. The van der Waals surface area contributed by atoms with Crippen molar-refractivity contribution in [3.63, 3.8) is 0 Å². The molecule has 1 N–H and O–H groups in total. The van der Waals surface area contributed by atoms with Crippen molar-refractivity contribution in [3.05, 3.63) is 45.4 Å². The molecule has 0 bridgehead atoms. The highest BCUT2D eigenvalue weighted by molar-refractivity contribution is 9.10. The molecule has 0 spiro atoms. The highest BCUT2D eigenvalue weighted by atomic mass is 79.9. The zero-order valence-corrected chi connectivity index (χ0v) is 14.3. The van der Waals surface area contributed by atoms with Gasteiger partial charge >= 0.3 is 0 Å². The molecule has 3 nitrogen and oxygen atoms in total. The van der Waals surface area contributed by atoms with E-state index in [2.05, 4.69) is 38.1 Å². The second kappa shape index (κ2) is 6.62. The van der Waals surface area contributed by atoms with Crippen LogP contribution in [0.25, 0.3) is 11.4 Å². The van der Waals surface area contributed by atoms with Crippen LogP contribution < -0.4 is 5.32 Å². The van der Waals surface area contributed by atoms with E-state index in [-0.39, 0.29) is 5.82 Å². The summed E-state index contributed by atoms with van der Waals surface area (Å²) in [6.45, 7) is 7.03. The zero-order chi connectivity index (χ0) is 15.6. The third kappa shape index (κ3) is 3.47. The number of aryl methyl sites for hydroxylation is 2. The molecule has 1 atom stereocenters. The summed E-state index contributed by atoms with van der Waals surface area (Å²) in [6, 6.07) is 4.55. The van der Waals surface area contributed by atoms with Crippen molar-refractivity contribution < 1.29 is 4.39 Å². The summed E-state index contributed by atoms with van der Waals surface area (Å²) in [7, 11) is 1.94. The Balaban J connectivity index is 2.49. The standard InChI is InChI=1S/C16H19BrFN3/c1-9(8-19-4)15-10(2)20-16(21-11(15)3)13-6-5-12(18)7-14(13)17/h5-7,9,19H,8H2,1-4H3. The van der Waals surface area contributed by atoms with Gasteiger partial charge < -0.3 is 5.32 Å². The van der Waals surface area contributed by atoms with Crippen LogP contribution in [-0.4, -0.2) is 23.6 Å². The maximum atomic E-state index is 13.2. The summed E-state index contributed by atoms with van der Waals surface area (Å²) >= 11 is 3.38. The predicted molar refractivity (Wildman–Crippen MR) is 86.9 cm³/mol. The lowest BCUT2D eigenvalue weighted by Crippen LogP contribution is -2.17.